The molecule has 0 unspecified atom stereocenters. The summed E-state index contributed by atoms with van der Waals surface area (Å²) in [5, 5.41) is 13.2. The van der Waals surface area contributed by atoms with Gasteiger partial charge in [0.2, 0.25) is 0 Å². The van der Waals surface area contributed by atoms with Crippen molar-refractivity contribution in [1.29, 1.82) is 5.26 Å². The van der Waals surface area contributed by atoms with Crippen molar-refractivity contribution in [3.63, 3.8) is 0 Å². The molecule has 2 rings (SSSR count). The van der Waals surface area contributed by atoms with E-state index in [-0.39, 0.29) is 0 Å². The first-order valence-electron chi connectivity index (χ1n) is 5.47. The zero-order valence-corrected chi connectivity index (χ0v) is 12.9. The molecule has 0 radical (unpaired) electrons. The SMILES string of the molecule is N#Cc1ccc(CNc2cc(Br)ccc2Cl)c(Cl)c1. The topological polar surface area (TPSA) is 35.8 Å². The minimum atomic E-state index is 0.542. The van der Waals surface area contributed by atoms with Crippen molar-refractivity contribution in [2.45, 2.75) is 6.54 Å². The van der Waals surface area contributed by atoms with Crippen molar-refractivity contribution < 1.29 is 0 Å². The predicted molar refractivity (Wildman–Crippen MR) is 82.6 cm³/mol. The molecule has 19 heavy (non-hydrogen) atoms. The molecule has 0 spiro atoms. The molecule has 0 aliphatic heterocycles. The molecule has 0 atom stereocenters. The second kappa shape index (κ2) is 6.29. The van der Waals surface area contributed by atoms with Crippen LogP contribution in [0.1, 0.15) is 11.1 Å². The van der Waals surface area contributed by atoms with Crippen molar-refractivity contribution in [2.75, 3.05) is 5.32 Å². The lowest BCUT2D eigenvalue weighted by Gasteiger charge is -2.10. The molecule has 2 nitrogen and oxygen atoms in total. The maximum Gasteiger partial charge on any atom is 0.0992 e. The van der Waals surface area contributed by atoms with E-state index in [0.717, 1.165) is 15.7 Å². The number of nitrogens with one attached hydrogen (secondary N) is 1. The Balaban J connectivity index is 2.15. The Kier molecular flexibility index (Phi) is 4.71. The Morgan fingerprint density at radius 3 is 2.58 bits per heavy atom. The Labute approximate surface area is 130 Å². The average Bonchev–Trinajstić information content (AvgIpc) is 2.40. The predicted octanol–water partition coefficient (Wildman–Crippen LogP) is 5.24. The highest BCUT2D eigenvalue weighted by Crippen LogP contribution is 2.27. The van der Waals surface area contributed by atoms with E-state index < -0.39 is 0 Å². The third-order valence-electron chi connectivity index (χ3n) is 2.58. The van der Waals surface area contributed by atoms with Crippen molar-refractivity contribution in [1.82, 2.24) is 0 Å². The summed E-state index contributed by atoms with van der Waals surface area (Å²) < 4.78 is 0.949. The van der Waals surface area contributed by atoms with E-state index in [1.807, 2.05) is 24.3 Å². The number of hydrogen-bond acceptors (Lipinski definition) is 2. The standard InChI is InChI=1S/C14H9BrCl2N2/c15-11-3-4-12(16)14(6-11)19-8-10-2-1-9(7-18)5-13(10)17/h1-6,19H,8H2. The summed E-state index contributed by atoms with van der Waals surface area (Å²) in [5.41, 5.74) is 2.29. The Bertz CT molecular complexity index is 650. The second-order valence-electron chi connectivity index (χ2n) is 3.90. The normalized spacial score (nSPS) is 10.0. The number of rotatable bonds is 3. The van der Waals surface area contributed by atoms with Crippen LogP contribution in [0, 0.1) is 11.3 Å². The van der Waals surface area contributed by atoms with Crippen molar-refractivity contribution in [2.24, 2.45) is 0 Å². The smallest absolute Gasteiger partial charge is 0.0992 e. The average molecular weight is 356 g/mol. The lowest BCUT2D eigenvalue weighted by Crippen LogP contribution is -2.01. The van der Waals surface area contributed by atoms with Crippen LogP contribution in [0.15, 0.2) is 40.9 Å². The number of hydrogen-bond donors (Lipinski definition) is 1. The number of anilines is 1. The van der Waals surface area contributed by atoms with E-state index in [9.17, 15) is 0 Å². The van der Waals surface area contributed by atoms with Crippen LogP contribution >= 0.6 is 39.1 Å². The van der Waals surface area contributed by atoms with Gasteiger partial charge in [0.15, 0.2) is 0 Å². The van der Waals surface area contributed by atoms with Gasteiger partial charge in [0.25, 0.3) is 0 Å². The van der Waals surface area contributed by atoms with Crippen molar-refractivity contribution >= 4 is 44.8 Å². The lowest BCUT2D eigenvalue weighted by molar-refractivity contribution is 1.15. The maximum absolute atomic E-state index is 8.78. The van der Waals surface area contributed by atoms with Gasteiger partial charge in [-0.2, -0.15) is 5.26 Å². The fourth-order valence-electron chi connectivity index (χ4n) is 1.58. The lowest BCUT2D eigenvalue weighted by atomic mass is 10.1. The molecule has 1 N–H and O–H groups in total. The third kappa shape index (κ3) is 3.63. The fourth-order valence-corrected chi connectivity index (χ4v) is 2.38. The van der Waals surface area contributed by atoms with E-state index in [2.05, 4.69) is 27.3 Å². The monoisotopic (exact) mass is 354 g/mol. The summed E-state index contributed by atoms with van der Waals surface area (Å²) in [6.45, 7) is 0.542. The van der Waals surface area contributed by atoms with Gasteiger partial charge in [-0.05, 0) is 35.9 Å². The highest BCUT2D eigenvalue weighted by Gasteiger charge is 2.04. The largest absolute Gasteiger partial charge is 0.380 e. The first kappa shape index (κ1) is 14.2. The summed E-state index contributed by atoms with van der Waals surface area (Å²) in [7, 11) is 0. The molecule has 2 aromatic carbocycles. The molecular formula is C14H9BrCl2N2. The molecule has 96 valence electrons. The minimum absolute atomic E-state index is 0.542. The molecule has 5 heteroatoms. The second-order valence-corrected chi connectivity index (χ2v) is 5.63. The van der Waals surface area contributed by atoms with Gasteiger partial charge in [-0.25, -0.2) is 0 Å². The van der Waals surface area contributed by atoms with E-state index in [1.54, 1.807) is 12.1 Å². The van der Waals surface area contributed by atoms with E-state index in [4.69, 9.17) is 28.5 Å². The molecule has 0 amide bonds. The van der Waals surface area contributed by atoms with E-state index in [1.165, 1.54) is 0 Å². The molecule has 2 aromatic rings. The molecule has 0 heterocycles. The minimum Gasteiger partial charge on any atom is -0.380 e. The fraction of sp³-hybridized carbons (Fsp3) is 0.0714. The number of nitriles is 1. The summed E-state index contributed by atoms with van der Waals surface area (Å²) in [6, 6.07) is 12.9. The molecule has 0 fully saturated rings. The molecule has 0 aromatic heterocycles. The summed E-state index contributed by atoms with van der Waals surface area (Å²) in [4.78, 5) is 0. The third-order valence-corrected chi connectivity index (χ3v) is 3.75. The quantitative estimate of drug-likeness (QED) is 0.817. The van der Waals surface area contributed by atoms with Gasteiger partial charge in [0, 0.05) is 16.0 Å². The molecular weight excluding hydrogens is 347 g/mol. The Hall–Kier alpha value is -1.21. The summed E-state index contributed by atoms with van der Waals surface area (Å²) in [6.07, 6.45) is 0. The van der Waals surface area contributed by atoms with Crippen LogP contribution in [0.5, 0.6) is 0 Å². The highest BCUT2D eigenvalue weighted by molar-refractivity contribution is 9.10. The maximum atomic E-state index is 8.78. The first-order valence-corrected chi connectivity index (χ1v) is 7.02. The first-order chi connectivity index (χ1) is 9.10. The van der Waals surface area contributed by atoms with Gasteiger partial charge in [0.05, 0.1) is 22.3 Å². The molecule has 0 saturated heterocycles. The summed E-state index contributed by atoms with van der Waals surface area (Å²) >= 11 is 15.6. The van der Waals surface area contributed by atoms with Gasteiger partial charge in [-0.15, -0.1) is 0 Å². The van der Waals surface area contributed by atoms with Crippen molar-refractivity contribution in [3.05, 3.63) is 62.0 Å². The molecule has 0 aliphatic rings. The van der Waals surface area contributed by atoms with Gasteiger partial charge < -0.3 is 5.32 Å². The zero-order valence-electron chi connectivity index (χ0n) is 9.75. The number of halogens is 3. The molecule has 0 bridgehead atoms. The molecule has 0 saturated carbocycles. The van der Waals surface area contributed by atoms with Crippen LogP contribution in [0.3, 0.4) is 0 Å². The van der Waals surface area contributed by atoms with Crippen LogP contribution in [0.4, 0.5) is 5.69 Å². The Morgan fingerprint density at radius 2 is 1.89 bits per heavy atom. The van der Waals surface area contributed by atoms with Crippen LogP contribution < -0.4 is 5.32 Å². The number of nitrogens with zero attached hydrogens (tertiary/aromatic N) is 1. The van der Waals surface area contributed by atoms with Gasteiger partial charge in [-0.1, -0.05) is 45.2 Å². The summed E-state index contributed by atoms with van der Waals surface area (Å²) in [5.74, 6) is 0. The van der Waals surface area contributed by atoms with Crippen LogP contribution in [-0.2, 0) is 6.54 Å². The zero-order chi connectivity index (χ0) is 13.8. The van der Waals surface area contributed by atoms with Gasteiger partial charge >= 0.3 is 0 Å². The van der Waals surface area contributed by atoms with Crippen LogP contribution in [0.2, 0.25) is 10.0 Å². The van der Waals surface area contributed by atoms with Gasteiger partial charge in [0.1, 0.15) is 0 Å². The highest BCUT2D eigenvalue weighted by atomic mass is 79.9. The van der Waals surface area contributed by atoms with Crippen LogP contribution in [-0.4, -0.2) is 0 Å². The van der Waals surface area contributed by atoms with E-state index in [0.29, 0.717) is 22.2 Å². The van der Waals surface area contributed by atoms with Crippen molar-refractivity contribution in [3.8, 4) is 6.07 Å². The van der Waals surface area contributed by atoms with Gasteiger partial charge in [-0.3, -0.25) is 0 Å². The molecule has 0 aliphatic carbocycles. The van der Waals surface area contributed by atoms with E-state index >= 15 is 0 Å². The van der Waals surface area contributed by atoms with Crippen LogP contribution in [0.25, 0.3) is 0 Å². The number of benzene rings is 2. The Morgan fingerprint density at radius 1 is 1.11 bits per heavy atom.